The first-order chi connectivity index (χ1) is 14.2. The first kappa shape index (κ1) is 17.5. The zero-order chi connectivity index (χ0) is 19.8. The molecule has 3 heterocycles. The Morgan fingerprint density at radius 1 is 1.14 bits per heavy atom. The maximum absolute atomic E-state index is 12.2. The van der Waals surface area contributed by atoms with Crippen molar-refractivity contribution in [1.29, 1.82) is 5.26 Å². The molecule has 2 aromatic carbocycles. The summed E-state index contributed by atoms with van der Waals surface area (Å²) in [5.41, 5.74) is 6.36. The lowest BCUT2D eigenvalue weighted by atomic mass is 10.0. The van der Waals surface area contributed by atoms with E-state index in [1.54, 1.807) is 4.57 Å². The lowest BCUT2D eigenvalue weighted by Gasteiger charge is -2.27. The minimum atomic E-state index is -0.314. The van der Waals surface area contributed by atoms with Crippen LogP contribution in [0.4, 0.5) is 0 Å². The van der Waals surface area contributed by atoms with E-state index in [-0.39, 0.29) is 5.76 Å². The smallest absolute Gasteiger partial charge is 0.408 e. The molecule has 144 valence electrons. The molecule has 5 rings (SSSR count). The molecule has 29 heavy (non-hydrogen) atoms. The second-order valence-electron chi connectivity index (χ2n) is 7.23. The largest absolute Gasteiger partial charge is 0.419 e. The molecular weight excluding hydrogens is 366 g/mol. The number of nitrogens with zero attached hydrogens (tertiary/aromatic N) is 4. The van der Waals surface area contributed by atoms with Crippen LogP contribution in [0.3, 0.4) is 0 Å². The summed E-state index contributed by atoms with van der Waals surface area (Å²) in [6.45, 7) is 3.01. The number of aromatic amines is 1. The standard InChI is InChI=1S/C22H19N5O2/c23-13-15-5-7-16(8-6-15)21-17-14-26(10-9-18(17)24-25-21)11-12-27-19-3-1-2-4-20(19)29-22(27)28/h1-8H,9-12,14H2,(H,24,25). The first-order valence-electron chi connectivity index (χ1n) is 9.60. The predicted octanol–water partition coefficient (Wildman–Crippen LogP) is 2.91. The highest BCUT2D eigenvalue weighted by atomic mass is 16.4. The van der Waals surface area contributed by atoms with Crippen molar-refractivity contribution in [2.45, 2.75) is 19.5 Å². The third-order valence-electron chi connectivity index (χ3n) is 5.51. The Balaban J connectivity index is 1.35. The number of nitrogens with one attached hydrogen (secondary N) is 1. The van der Waals surface area contributed by atoms with Crippen LogP contribution in [-0.4, -0.2) is 32.8 Å². The molecule has 2 aromatic heterocycles. The fraction of sp³-hybridized carbons (Fsp3) is 0.227. The second-order valence-corrected chi connectivity index (χ2v) is 7.23. The van der Waals surface area contributed by atoms with Crippen molar-refractivity contribution < 1.29 is 4.42 Å². The lowest BCUT2D eigenvalue weighted by molar-refractivity contribution is 0.242. The van der Waals surface area contributed by atoms with Crippen molar-refractivity contribution in [3.63, 3.8) is 0 Å². The monoisotopic (exact) mass is 385 g/mol. The molecule has 1 aliphatic heterocycles. The number of aromatic nitrogens is 3. The maximum atomic E-state index is 12.2. The summed E-state index contributed by atoms with van der Waals surface area (Å²) < 4.78 is 7.03. The molecular formula is C22H19N5O2. The first-order valence-corrected chi connectivity index (χ1v) is 9.60. The number of para-hydroxylation sites is 2. The van der Waals surface area contributed by atoms with Crippen LogP contribution in [0.1, 0.15) is 16.8 Å². The van der Waals surface area contributed by atoms with Gasteiger partial charge in [-0.2, -0.15) is 10.4 Å². The Kier molecular flexibility index (Phi) is 4.26. The summed E-state index contributed by atoms with van der Waals surface area (Å²) in [7, 11) is 0. The van der Waals surface area contributed by atoms with E-state index >= 15 is 0 Å². The van der Waals surface area contributed by atoms with E-state index in [0.717, 1.165) is 48.5 Å². The third-order valence-corrected chi connectivity index (χ3v) is 5.51. The average molecular weight is 385 g/mol. The number of oxazole rings is 1. The normalized spacial score (nSPS) is 14.0. The zero-order valence-electron chi connectivity index (χ0n) is 15.8. The van der Waals surface area contributed by atoms with Gasteiger partial charge in [0.1, 0.15) is 0 Å². The number of hydrogen-bond donors (Lipinski definition) is 1. The molecule has 0 bridgehead atoms. The van der Waals surface area contributed by atoms with Gasteiger partial charge in [-0.25, -0.2) is 4.79 Å². The van der Waals surface area contributed by atoms with Crippen LogP contribution in [-0.2, 0) is 19.5 Å². The predicted molar refractivity (Wildman–Crippen MR) is 108 cm³/mol. The molecule has 4 aromatic rings. The van der Waals surface area contributed by atoms with Crippen molar-refractivity contribution in [3.8, 4) is 17.3 Å². The number of H-pyrrole nitrogens is 1. The van der Waals surface area contributed by atoms with E-state index in [1.807, 2.05) is 48.5 Å². The Hall–Kier alpha value is -3.63. The SMILES string of the molecule is N#Cc1ccc(-c2n[nH]c3c2CN(CCn2c(=O)oc4ccccc42)CC3)cc1. The molecule has 0 saturated heterocycles. The number of nitriles is 1. The molecule has 0 saturated carbocycles. The third kappa shape index (κ3) is 3.13. The number of fused-ring (bicyclic) bond motifs is 2. The van der Waals surface area contributed by atoms with Crippen molar-refractivity contribution in [1.82, 2.24) is 19.7 Å². The van der Waals surface area contributed by atoms with Gasteiger partial charge in [0.2, 0.25) is 0 Å². The van der Waals surface area contributed by atoms with E-state index in [9.17, 15) is 4.79 Å². The highest BCUT2D eigenvalue weighted by Gasteiger charge is 2.23. The molecule has 1 aliphatic rings. The fourth-order valence-corrected chi connectivity index (χ4v) is 3.95. The number of hydrogen-bond acceptors (Lipinski definition) is 5. The van der Waals surface area contributed by atoms with Crippen molar-refractivity contribution in [3.05, 3.63) is 75.9 Å². The summed E-state index contributed by atoms with van der Waals surface area (Å²) in [5.74, 6) is -0.314. The molecule has 0 aliphatic carbocycles. The van der Waals surface area contributed by atoms with Crippen LogP contribution in [0, 0.1) is 11.3 Å². The Morgan fingerprint density at radius 3 is 2.79 bits per heavy atom. The summed E-state index contributed by atoms with van der Waals surface area (Å²) in [6, 6.07) is 17.1. The van der Waals surface area contributed by atoms with E-state index < -0.39 is 0 Å². The molecule has 0 unspecified atom stereocenters. The van der Waals surface area contributed by atoms with Crippen LogP contribution >= 0.6 is 0 Å². The van der Waals surface area contributed by atoms with Crippen molar-refractivity contribution >= 4 is 11.1 Å². The van der Waals surface area contributed by atoms with Crippen LogP contribution in [0.15, 0.2) is 57.7 Å². The van der Waals surface area contributed by atoms with Gasteiger partial charge in [0, 0.05) is 49.4 Å². The van der Waals surface area contributed by atoms with Gasteiger partial charge in [0.25, 0.3) is 0 Å². The van der Waals surface area contributed by atoms with Crippen molar-refractivity contribution in [2.24, 2.45) is 0 Å². The fourth-order valence-electron chi connectivity index (χ4n) is 3.95. The summed E-state index contributed by atoms with van der Waals surface area (Å²) in [5, 5.41) is 16.7. The van der Waals surface area contributed by atoms with E-state index in [4.69, 9.17) is 9.68 Å². The molecule has 0 atom stereocenters. The topological polar surface area (TPSA) is 90.9 Å². The van der Waals surface area contributed by atoms with E-state index in [0.29, 0.717) is 17.7 Å². The van der Waals surface area contributed by atoms with Gasteiger partial charge in [0.05, 0.1) is 22.8 Å². The van der Waals surface area contributed by atoms with Gasteiger partial charge < -0.3 is 4.42 Å². The highest BCUT2D eigenvalue weighted by molar-refractivity contribution is 5.72. The molecule has 0 amide bonds. The van der Waals surface area contributed by atoms with Crippen molar-refractivity contribution in [2.75, 3.05) is 13.1 Å². The average Bonchev–Trinajstić information content (AvgIpc) is 3.32. The number of rotatable bonds is 4. The van der Waals surface area contributed by atoms with Crippen LogP contribution in [0.25, 0.3) is 22.4 Å². The zero-order valence-corrected chi connectivity index (χ0v) is 15.8. The van der Waals surface area contributed by atoms with E-state index in [1.165, 1.54) is 5.56 Å². The van der Waals surface area contributed by atoms with Gasteiger partial charge in [0.15, 0.2) is 5.58 Å². The summed E-state index contributed by atoms with van der Waals surface area (Å²) in [4.78, 5) is 14.5. The molecule has 0 radical (unpaired) electrons. The Bertz CT molecular complexity index is 1270. The second kappa shape index (κ2) is 7.08. The van der Waals surface area contributed by atoms with E-state index in [2.05, 4.69) is 21.2 Å². The Labute approximate surface area is 166 Å². The summed E-state index contributed by atoms with van der Waals surface area (Å²) in [6.07, 6.45) is 0.889. The lowest BCUT2D eigenvalue weighted by Crippen LogP contribution is -2.34. The minimum absolute atomic E-state index is 0.314. The Morgan fingerprint density at radius 2 is 1.97 bits per heavy atom. The van der Waals surface area contributed by atoms with Gasteiger partial charge in [-0.15, -0.1) is 0 Å². The van der Waals surface area contributed by atoms with Gasteiger partial charge in [-0.1, -0.05) is 24.3 Å². The van der Waals surface area contributed by atoms with Crippen LogP contribution in [0.5, 0.6) is 0 Å². The van der Waals surface area contributed by atoms with Gasteiger partial charge in [-0.05, 0) is 24.3 Å². The molecule has 1 N–H and O–H groups in total. The molecule has 7 nitrogen and oxygen atoms in total. The van der Waals surface area contributed by atoms with Crippen LogP contribution < -0.4 is 5.76 Å². The minimum Gasteiger partial charge on any atom is -0.408 e. The number of benzene rings is 2. The molecule has 0 spiro atoms. The molecule has 7 heteroatoms. The molecule has 0 fully saturated rings. The van der Waals surface area contributed by atoms with Crippen LogP contribution in [0.2, 0.25) is 0 Å². The van der Waals surface area contributed by atoms with Gasteiger partial charge in [-0.3, -0.25) is 14.6 Å². The highest BCUT2D eigenvalue weighted by Crippen LogP contribution is 2.28. The quantitative estimate of drug-likeness (QED) is 0.583. The summed E-state index contributed by atoms with van der Waals surface area (Å²) >= 11 is 0. The van der Waals surface area contributed by atoms with Gasteiger partial charge >= 0.3 is 5.76 Å². The maximum Gasteiger partial charge on any atom is 0.419 e.